The Balaban J connectivity index is 2.09. The van der Waals surface area contributed by atoms with Crippen molar-refractivity contribution in [2.45, 2.75) is 11.8 Å². The molecule has 0 unspecified atom stereocenters. The number of carbonyl (C=O) groups is 1. The van der Waals surface area contributed by atoms with E-state index in [9.17, 15) is 13.2 Å². The first kappa shape index (κ1) is 18.5. The Morgan fingerprint density at radius 3 is 2.32 bits per heavy atom. The normalized spacial score (nSPS) is 10.8. The minimum atomic E-state index is -3.71. The monoisotopic (exact) mass is 360 g/mol. The topological polar surface area (TPSA) is 84.5 Å². The van der Waals surface area contributed by atoms with E-state index in [0.717, 1.165) is 0 Å². The largest absolute Gasteiger partial charge is 0.494 e. The second kappa shape index (κ2) is 8.34. The number of anilines is 1. The maximum Gasteiger partial charge on any atom is 0.261 e. The van der Waals surface area contributed by atoms with Crippen LogP contribution in [-0.4, -0.2) is 27.5 Å². The highest BCUT2D eigenvalue weighted by Gasteiger charge is 2.14. The van der Waals surface area contributed by atoms with Crippen LogP contribution in [0, 0.1) is 0 Å². The molecule has 1 amide bonds. The van der Waals surface area contributed by atoms with Crippen molar-refractivity contribution in [3.8, 4) is 5.75 Å². The van der Waals surface area contributed by atoms with Crippen LogP contribution in [0.15, 0.2) is 66.1 Å². The van der Waals surface area contributed by atoms with E-state index in [4.69, 9.17) is 4.74 Å². The lowest BCUT2D eigenvalue weighted by Gasteiger charge is -2.10. The van der Waals surface area contributed by atoms with Crippen molar-refractivity contribution in [2.75, 3.05) is 17.9 Å². The van der Waals surface area contributed by atoms with Gasteiger partial charge in [0, 0.05) is 17.8 Å². The zero-order chi connectivity index (χ0) is 18.3. The quantitative estimate of drug-likeness (QED) is 0.709. The number of hydrogen-bond acceptors (Lipinski definition) is 4. The predicted octanol–water partition coefficient (Wildman–Crippen LogP) is 2.80. The lowest BCUT2D eigenvalue weighted by Crippen LogP contribution is -2.23. The number of amides is 1. The molecule has 25 heavy (non-hydrogen) atoms. The second-order valence-electron chi connectivity index (χ2n) is 5.09. The Morgan fingerprint density at radius 1 is 1.12 bits per heavy atom. The summed E-state index contributed by atoms with van der Waals surface area (Å²) in [7, 11) is -3.71. The molecule has 6 nitrogen and oxygen atoms in total. The van der Waals surface area contributed by atoms with Crippen LogP contribution >= 0.6 is 0 Å². The average Bonchev–Trinajstić information content (AvgIpc) is 2.61. The van der Waals surface area contributed by atoms with Gasteiger partial charge < -0.3 is 10.1 Å². The summed E-state index contributed by atoms with van der Waals surface area (Å²) in [5.41, 5.74) is 0.806. The number of ether oxygens (including phenoxy) is 1. The first-order chi connectivity index (χ1) is 12.0. The fourth-order valence-electron chi connectivity index (χ4n) is 2.05. The summed E-state index contributed by atoms with van der Waals surface area (Å²) < 4.78 is 32.6. The first-order valence-electron chi connectivity index (χ1n) is 7.71. The molecule has 7 heteroatoms. The molecule has 0 spiro atoms. The Bertz CT molecular complexity index is 828. The van der Waals surface area contributed by atoms with Crippen LogP contribution in [0.2, 0.25) is 0 Å². The van der Waals surface area contributed by atoms with Gasteiger partial charge in [-0.15, -0.1) is 6.58 Å². The standard InChI is InChI=1S/C18H20N2O4S/c1-3-13-19-18(21)14-5-7-15(8-6-14)20-25(22,23)17-11-9-16(10-12-17)24-4-2/h3,5-12,20H,1,4,13H2,2H3,(H,19,21). The molecular formula is C18H20N2O4S. The van der Waals surface area contributed by atoms with Gasteiger partial charge in [0.2, 0.25) is 0 Å². The molecule has 0 atom stereocenters. The van der Waals surface area contributed by atoms with Crippen molar-refractivity contribution in [3.05, 3.63) is 66.7 Å². The third-order valence-corrected chi connectivity index (χ3v) is 4.65. The van der Waals surface area contributed by atoms with E-state index in [1.807, 2.05) is 6.92 Å². The summed E-state index contributed by atoms with van der Waals surface area (Å²) in [6, 6.07) is 12.3. The van der Waals surface area contributed by atoms with Crippen LogP contribution in [0.4, 0.5) is 5.69 Å². The van der Waals surface area contributed by atoms with Crippen molar-refractivity contribution in [1.82, 2.24) is 5.32 Å². The van der Waals surface area contributed by atoms with E-state index < -0.39 is 10.0 Å². The SMILES string of the molecule is C=CCNC(=O)c1ccc(NS(=O)(=O)c2ccc(OCC)cc2)cc1. The van der Waals surface area contributed by atoms with E-state index in [2.05, 4.69) is 16.6 Å². The van der Waals surface area contributed by atoms with Crippen LogP contribution in [0.3, 0.4) is 0 Å². The van der Waals surface area contributed by atoms with Crippen molar-refractivity contribution in [2.24, 2.45) is 0 Å². The van der Waals surface area contributed by atoms with E-state index in [1.165, 1.54) is 24.3 Å². The number of nitrogens with one attached hydrogen (secondary N) is 2. The molecular weight excluding hydrogens is 340 g/mol. The molecule has 0 fully saturated rings. The zero-order valence-electron chi connectivity index (χ0n) is 13.9. The van der Waals surface area contributed by atoms with Gasteiger partial charge in [0.05, 0.1) is 11.5 Å². The Morgan fingerprint density at radius 2 is 1.76 bits per heavy atom. The number of hydrogen-bond donors (Lipinski definition) is 2. The molecule has 0 aliphatic heterocycles. The summed E-state index contributed by atoms with van der Waals surface area (Å²) in [5, 5.41) is 2.65. The highest BCUT2D eigenvalue weighted by atomic mass is 32.2. The molecule has 0 aromatic heterocycles. The molecule has 0 aliphatic rings. The average molecular weight is 360 g/mol. The van der Waals surface area contributed by atoms with Gasteiger partial charge in [-0.2, -0.15) is 0 Å². The van der Waals surface area contributed by atoms with Gasteiger partial charge in [-0.25, -0.2) is 8.42 Å². The van der Waals surface area contributed by atoms with Gasteiger partial charge >= 0.3 is 0 Å². The van der Waals surface area contributed by atoms with E-state index in [0.29, 0.717) is 30.2 Å². The van der Waals surface area contributed by atoms with Gasteiger partial charge in [0.25, 0.3) is 15.9 Å². The molecule has 0 heterocycles. The predicted molar refractivity (Wildman–Crippen MR) is 97.4 cm³/mol. The van der Waals surface area contributed by atoms with Crippen LogP contribution in [-0.2, 0) is 10.0 Å². The minimum absolute atomic E-state index is 0.128. The highest BCUT2D eigenvalue weighted by molar-refractivity contribution is 7.92. The van der Waals surface area contributed by atoms with Crippen molar-refractivity contribution in [3.63, 3.8) is 0 Å². The molecule has 2 rings (SSSR count). The molecule has 2 aromatic carbocycles. The van der Waals surface area contributed by atoms with Crippen molar-refractivity contribution >= 4 is 21.6 Å². The minimum Gasteiger partial charge on any atom is -0.494 e. The molecule has 0 aliphatic carbocycles. The van der Waals surface area contributed by atoms with E-state index in [-0.39, 0.29) is 10.8 Å². The molecule has 2 aromatic rings. The summed E-state index contributed by atoms with van der Waals surface area (Å²) in [5.74, 6) is 0.358. The van der Waals surface area contributed by atoms with Gasteiger partial charge in [-0.05, 0) is 55.5 Å². The summed E-state index contributed by atoms with van der Waals surface area (Å²) in [6.07, 6.45) is 1.58. The van der Waals surface area contributed by atoms with Crippen LogP contribution in [0.5, 0.6) is 5.75 Å². The fraction of sp³-hybridized carbons (Fsp3) is 0.167. The van der Waals surface area contributed by atoms with E-state index >= 15 is 0 Å². The number of carbonyl (C=O) groups excluding carboxylic acids is 1. The number of rotatable bonds is 8. The maximum absolute atomic E-state index is 12.4. The number of benzene rings is 2. The summed E-state index contributed by atoms with van der Waals surface area (Å²) >= 11 is 0. The fourth-order valence-corrected chi connectivity index (χ4v) is 3.11. The highest BCUT2D eigenvalue weighted by Crippen LogP contribution is 2.19. The first-order valence-corrected chi connectivity index (χ1v) is 9.19. The Kier molecular flexibility index (Phi) is 6.19. The summed E-state index contributed by atoms with van der Waals surface area (Å²) in [6.45, 7) is 6.26. The zero-order valence-corrected chi connectivity index (χ0v) is 14.7. The lowest BCUT2D eigenvalue weighted by atomic mass is 10.2. The molecule has 0 radical (unpaired) electrons. The van der Waals surface area contributed by atoms with Crippen LogP contribution in [0.1, 0.15) is 17.3 Å². The molecule has 0 saturated heterocycles. The van der Waals surface area contributed by atoms with Crippen molar-refractivity contribution in [1.29, 1.82) is 0 Å². The lowest BCUT2D eigenvalue weighted by molar-refractivity contribution is 0.0958. The molecule has 0 saturated carbocycles. The number of sulfonamides is 1. The van der Waals surface area contributed by atoms with Crippen LogP contribution in [0.25, 0.3) is 0 Å². The van der Waals surface area contributed by atoms with Gasteiger partial charge in [-0.3, -0.25) is 9.52 Å². The van der Waals surface area contributed by atoms with Crippen molar-refractivity contribution < 1.29 is 17.9 Å². The summed E-state index contributed by atoms with van der Waals surface area (Å²) in [4.78, 5) is 11.9. The Labute approximate surface area is 147 Å². The van der Waals surface area contributed by atoms with E-state index in [1.54, 1.807) is 30.3 Å². The smallest absolute Gasteiger partial charge is 0.261 e. The molecule has 2 N–H and O–H groups in total. The third kappa shape index (κ3) is 5.09. The van der Waals surface area contributed by atoms with Gasteiger partial charge in [0.1, 0.15) is 5.75 Å². The van der Waals surface area contributed by atoms with Gasteiger partial charge in [-0.1, -0.05) is 6.08 Å². The molecule has 0 bridgehead atoms. The molecule has 132 valence electrons. The third-order valence-electron chi connectivity index (χ3n) is 3.25. The van der Waals surface area contributed by atoms with Gasteiger partial charge in [0.15, 0.2) is 0 Å². The second-order valence-corrected chi connectivity index (χ2v) is 6.77. The Hall–Kier alpha value is -2.80. The maximum atomic E-state index is 12.4. The van der Waals surface area contributed by atoms with Crippen LogP contribution < -0.4 is 14.8 Å².